The highest BCUT2D eigenvalue weighted by molar-refractivity contribution is 5.74. The van der Waals surface area contributed by atoms with Gasteiger partial charge in [-0.1, -0.05) is 19.2 Å². The summed E-state index contributed by atoms with van der Waals surface area (Å²) in [5, 5.41) is 11.1. The monoisotopic (exact) mass is 283 g/mol. The van der Waals surface area contributed by atoms with Crippen molar-refractivity contribution in [3.8, 4) is 17.2 Å². The molecule has 0 saturated heterocycles. The van der Waals surface area contributed by atoms with E-state index in [-0.39, 0.29) is 28.5 Å². The lowest BCUT2D eigenvalue weighted by atomic mass is 10.1. The van der Waals surface area contributed by atoms with E-state index in [2.05, 4.69) is 13.2 Å². The highest BCUT2D eigenvalue weighted by Crippen LogP contribution is 2.46. The van der Waals surface area contributed by atoms with E-state index in [1.165, 1.54) is 26.4 Å². The molecule has 0 bridgehead atoms. The maximum atomic E-state index is 12.7. The van der Waals surface area contributed by atoms with E-state index in [0.29, 0.717) is 0 Å². The maximum Gasteiger partial charge on any atom is 0.322 e. The summed E-state index contributed by atoms with van der Waals surface area (Å²) in [5.74, 6) is -0.787. The van der Waals surface area contributed by atoms with Crippen LogP contribution in [0.1, 0.15) is 5.56 Å². The summed E-state index contributed by atoms with van der Waals surface area (Å²) in [6.45, 7) is 6.09. The number of rotatable bonds is 7. The number of nitro groups is 1. The second kappa shape index (κ2) is 6.55. The van der Waals surface area contributed by atoms with Gasteiger partial charge < -0.3 is 14.2 Å². The van der Waals surface area contributed by atoms with E-state index in [1.807, 2.05) is 0 Å². The number of hydrogen-bond acceptors (Lipinski definition) is 5. The van der Waals surface area contributed by atoms with Crippen LogP contribution < -0.4 is 14.2 Å². The predicted molar refractivity (Wildman–Crippen MR) is 72.0 cm³/mol. The number of methoxy groups -OCH3 is 2. The Bertz CT molecular complexity index is 556. The topological polar surface area (TPSA) is 70.8 Å². The van der Waals surface area contributed by atoms with Crippen molar-refractivity contribution < 1.29 is 23.5 Å². The molecular weight excluding hydrogens is 269 g/mol. The van der Waals surface area contributed by atoms with E-state index in [1.54, 1.807) is 0 Å². The second-order valence-electron chi connectivity index (χ2n) is 3.65. The highest BCUT2D eigenvalue weighted by atomic mass is 19.1. The van der Waals surface area contributed by atoms with Crippen LogP contribution in [0.2, 0.25) is 0 Å². The molecule has 1 aromatic carbocycles. The minimum absolute atomic E-state index is 0.0638. The smallest absolute Gasteiger partial charge is 0.322 e. The quantitative estimate of drug-likeness (QED) is 0.568. The SMILES string of the molecule is C=Cc1cc(OC)c(OCC(=C)F)c(OC)c1[N+](=O)[O-]. The number of nitrogens with zero attached hydrogens (tertiary/aromatic N) is 1. The molecule has 0 fully saturated rings. The molecule has 0 aliphatic carbocycles. The van der Waals surface area contributed by atoms with Crippen LogP contribution in [0.3, 0.4) is 0 Å². The van der Waals surface area contributed by atoms with Crippen LogP contribution in [0.15, 0.2) is 25.1 Å². The van der Waals surface area contributed by atoms with Crippen LogP contribution in [0.25, 0.3) is 6.08 Å². The van der Waals surface area contributed by atoms with Crippen molar-refractivity contribution >= 4 is 11.8 Å². The fourth-order valence-corrected chi connectivity index (χ4v) is 1.60. The van der Waals surface area contributed by atoms with Gasteiger partial charge in [-0.15, -0.1) is 0 Å². The molecule has 0 atom stereocenters. The number of hydrogen-bond donors (Lipinski definition) is 0. The average Bonchev–Trinajstić information content (AvgIpc) is 2.42. The molecule has 0 aliphatic heterocycles. The summed E-state index contributed by atoms with van der Waals surface area (Å²) >= 11 is 0. The van der Waals surface area contributed by atoms with Crippen molar-refractivity contribution in [2.45, 2.75) is 0 Å². The molecule has 20 heavy (non-hydrogen) atoms. The molecule has 1 aromatic rings. The van der Waals surface area contributed by atoms with E-state index in [4.69, 9.17) is 14.2 Å². The number of halogens is 1. The fraction of sp³-hybridized carbons (Fsp3) is 0.231. The summed E-state index contributed by atoms with van der Waals surface area (Å²) in [7, 11) is 2.59. The standard InChI is InChI=1S/C13H14FNO5/c1-5-9-6-10(18-3)12(20-7-8(2)14)13(19-4)11(9)15(16)17/h5-6H,1-2,7H2,3-4H3. The van der Waals surface area contributed by atoms with Crippen molar-refractivity contribution in [3.63, 3.8) is 0 Å². The van der Waals surface area contributed by atoms with Crippen LogP contribution in [0.4, 0.5) is 10.1 Å². The van der Waals surface area contributed by atoms with Gasteiger partial charge in [0.05, 0.1) is 24.7 Å². The van der Waals surface area contributed by atoms with Gasteiger partial charge in [0.2, 0.25) is 11.5 Å². The number of ether oxygens (including phenoxy) is 3. The lowest BCUT2D eigenvalue weighted by Gasteiger charge is -2.15. The van der Waals surface area contributed by atoms with Gasteiger partial charge >= 0.3 is 5.69 Å². The van der Waals surface area contributed by atoms with Crippen molar-refractivity contribution in [3.05, 3.63) is 40.7 Å². The zero-order chi connectivity index (χ0) is 15.3. The third-order valence-corrected chi connectivity index (χ3v) is 2.40. The molecule has 0 aromatic heterocycles. The van der Waals surface area contributed by atoms with E-state index in [9.17, 15) is 14.5 Å². The van der Waals surface area contributed by atoms with Gasteiger partial charge in [-0.3, -0.25) is 10.1 Å². The Labute approximate surface area is 115 Å². The molecule has 0 amide bonds. The van der Waals surface area contributed by atoms with Gasteiger partial charge in [-0.05, 0) is 6.07 Å². The fourth-order valence-electron chi connectivity index (χ4n) is 1.60. The molecule has 6 nitrogen and oxygen atoms in total. The zero-order valence-corrected chi connectivity index (χ0v) is 11.1. The third kappa shape index (κ3) is 3.05. The lowest BCUT2D eigenvalue weighted by molar-refractivity contribution is -0.386. The molecule has 0 aliphatic rings. The average molecular weight is 283 g/mol. The summed E-state index contributed by atoms with van der Waals surface area (Å²) in [5.41, 5.74) is -0.127. The molecule has 108 valence electrons. The lowest BCUT2D eigenvalue weighted by Crippen LogP contribution is -2.05. The first-order chi connectivity index (χ1) is 9.46. The molecule has 0 unspecified atom stereocenters. The van der Waals surface area contributed by atoms with E-state index >= 15 is 0 Å². The summed E-state index contributed by atoms with van der Waals surface area (Å²) < 4.78 is 27.9. The first-order valence-electron chi connectivity index (χ1n) is 5.48. The molecule has 0 heterocycles. The maximum absolute atomic E-state index is 12.7. The van der Waals surface area contributed by atoms with Crippen molar-refractivity contribution in [2.75, 3.05) is 20.8 Å². The Morgan fingerprint density at radius 1 is 1.45 bits per heavy atom. The van der Waals surface area contributed by atoms with Crippen LogP contribution in [-0.2, 0) is 0 Å². The van der Waals surface area contributed by atoms with Gasteiger partial charge in [-0.2, -0.15) is 0 Å². The normalized spacial score (nSPS) is 9.75. The minimum atomic E-state index is -0.732. The van der Waals surface area contributed by atoms with Crippen molar-refractivity contribution in [1.82, 2.24) is 0 Å². The van der Waals surface area contributed by atoms with E-state index < -0.39 is 17.4 Å². The molecule has 0 spiro atoms. The molecule has 0 radical (unpaired) electrons. The Balaban J connectivity index is 3.52. The second-order valence-corrected chi connectivity index (χ2v) is 3.65. The summed E-state index contributed by atoms with van der Waals surface area (Å²) in [4.78, 5) is 10.5. The Morgan fingerprint density at radius 2 is 2.10 bits per heavy atom. The van der Waals surface area contributed by atoms with Crippen LogP contribution in [-0.4, -0.2) is 25.7 Å². The summed E-state index contributed by atoms with van der Waals surface area (Å²) in [6, 6.07) is 1.37. The predicted octanol–water partition coefficient (Wildman–Crippen LogP) is 3.12. The molecule has 7 heteroatoms. The summed E-state index contributed by atoms with van der Waals surface area (Å²) in [6.07, 6.45) is 1.29. The highest BCUT2D eigenvalue weighted by Gasteiger charge is 2.28. The molecular formula is C13H14FNO5. The minimum Gasteiger partial charge on any atom is -0.493 e. The molecule has 0 saturated carbocycles. The van der Waals surface area contributed by atoms with Gasteiger partial charge in [0.1, 0.15) is 12.4 Å². The molecule has 1 rings (SSSR count). The zero-order valence-electron chi connectivity index (χ0n) is 11.1. The van der Waals surface area contributed by atoms with Gasteiger partial charge in [0.25, 0.3) is 0 Å². The van der Waals surface area contributed by atoms with Gasteiger partial charge in [0.15, 0.2) is 5.75 Å². The number of benzene rings is 1. The first kappa shape index (κ1) is 15.5. The van der Waals surface area contributed by atoms with Gasteiger partial charge in [0, 0.05) is 0 Å². The molecule has 0 N–H and O–H groups in total. The van der Waals surface area contributed by atoms with Crippen LogP contribution in [0.5, 0.6) is 17.2 Å². The Kier molecular flexibility index (Phi) is 5.08. The van der Waals surface area contributed by atoms with Crippen molar-refractivity contribution in [2.24, 2.45) is 0 Å². The van der Waals surface area contributed by atoms with Gasteiger partial charge in [-0.25, -0.2) is 4.39 Å². The largest absolute Gasteiger partial charge is 0.493 e. The van der Waals surface area contributed by atoms with Crippen LogP contribution in [0, 0.1) is 10.1 Å². The number of nitro benzene ring substituents is 1. The Hall–Kier alpha value is -2.57. The van der Waals surface area contributed by atoms with E-state index in [0.717, 1.165) is 0 Å². The van der Waals surface area contributed by atoms with Crippen molar-refractivity contribution in [1.29, 1.82) is 0 Å². The first-order valence-corrected chi connectivity index (χ1v) is 5.48. The van der Waals surface area contributed by atoms with Crippen LogP contribution >= 0.6 is 0 Å². The Morgan fingerprint density at radius 3 is 2.50 bits per heavy atom. The third-order valence-electron chi connectivity index (χ3n) is 2.40.